The Morgan fingerprint density at radius 1 is 1.60 bits per heavy atom. The van der Waals surface area contributed by atoms with Crippen LogP contribution in [0.5, 0.6) is 0 Å². The topological polar surface area (TPSA) is 62.7 Å². The lowest BCUT2D eigenvalue weighted by atomic mass is 10.1. The second-order valence-corrected chi connectivity index (χ2v) is 4.71. The number of carbonyl (C=O) groups excluding carboxylic acids is 1. The van der Waals surface area contributed by atoms with Gasteiger partial charge in [0.05, 0.1) is 11.7 Å². The molecule has 2 heterocycles. The maximum atomic E-state index is 12.5. The Balaban J connectivity index is 2.15. The predicted octanol–water partition coefficient (Wildman–Crippen LogP) is 0.676. The second-order valence-electron chi connectivity index (χ2n) is 4.71. The Morgan fingerprint density at radius 3 is 3.25 bits per heavy atom. The molecule has 0 spiro atoms. The molecule has 5 heteroatoms. The molecule has 1 N–H and O–H groups in total. The average Bonchev–Trinajstić information content (AvgIpc) is 2.69. The molecule has 0 aromatic carbocycles. The van der Waals surface area contributed by atoms with Crippen molar-refractivity contribution in [2.45, 2.75) is 19.4 Å². The van der Waals surface area contributed by atoms with Crippen LogP contribution in [-0.4, -0.2) is 53.3 Å². The second kappa shape index (κ2) is 7.04. The van der Waals surface area contributed by atoms with Crippen LogP contribution < -0.4 is 0 Å². The molecular formula is C15H18N2O3. The van der Waals surface area contributed by atoms with Gasteiger partial charge in [0, 0.05) is 37.7 Å². The zero-order chi connectivity index (χ0) is 14.4. The molecule has 1 fully saturated rings. The van der Waals surface area contributed by atoms with Crippen LogP contribution in [0.1, 0.15) is 29.3 Å². The van der Waals surface area contributed by atoms with E-state index in [9.17, 15) is 4.79 Å². The minimum absolute atomic E-state index is 0.0479. The summed E-state index contributed by atoms with van der Waals surface area (Å²) in [5.74, 6) is 5.25. The van der Waals surface area contributed by atoms with Crippen LogP contribution in [-0.2, 0) is 4.74 Å². The molecule has 0 radical (unpaired) electrons. The van der Waals surface area contributed by atoms with E-state index < -0.39 is 0 Å². The molecule has 1 unspecified atom stereocenters. The average molecular weight is 274 g/mol. The van der Waals surface area contributed by atoms with E-state index in [4.69, 9.17) is 9.84 Å². The quantitative estimate of drug-likeness (QED) is 0.765. The van der Waals surface area contributed by atoms with Gasteiger partial charge in [0.1, 0.15) is 6.61 Å². The molecule has 1 aromatic heterocycles. The normalized spacial score (nSPS) is 18.9. The third-order valence-electron chi connectivity index (χ3n) is 3.04. The molecule has 1 saturated heterocycles. The number of nitrogens with zero attached hydrogens (tertiary/aromatic N) is 2. The van der Waals surface area contributed by atoms with Crippen LogP contribution in [0.25, 0.3) is 0 Å². The number of aliphatic hydroxyl groups is 1. The first-order valence-corrected chi connectivity index (χ1v) is 6.66. The Bertz CT molecular complexity index is 533. The summed E-state index contributed by atoms with van der Waals surface area (Å²) < 4.78 is 5.54. The monoisotopic (exact) mass is 274 g/mol. The number of aliphatic hydroxyl groups excluding tert-OH is 1. The van der Waals surface area contributed by atoms with E-state index in [1.807, 2.05) is 6.92 Å². The molecular weight excluding hydrogens is 256 g/mol. The third kappa shape index (κ3) is 3.80. The Kier molecular flexibility index (Phi) is 5.10. The van der Waals surface area contributed by atoms with E-state index in [0.29, 0.717) is 30.8 Å². The van der Waals surface area contributed by atoms with Crippen molar-refractivity contribution in [3.8, 4) is 11.8 Å². The Labute approximate surface area is 118 Å². The van der Waals surface area contributed by atoms with Gasteiger partial charge < -0.3 is 14.7 Å². The minimum atomic E-state index is -0.209. The van der Waals surface area contributed by atoms with Gasteiger partial charge >= 0.3 is 0 Å². The van der Waals surface area contributed by atoms with Crippen LogP contribution in [0, 0.1) is 11.8 Å². The van der Waals surface area contributed by atoms with Crippen molar-refractivity contribution >= 4 is 5.91 Å². The highest BCUT2D eigenvalue weighted by atomic mass is 16.5. The standard InChI is InChI=1S/C15H18N2O3/c1-12-11-17(5-3-7-20-12)15(19)14-8-13(4-2-6-18)9-16-10-14/h8-10,12,18H,3,5-7,11H2,1H3. The van der Waals surface area contributed by atoms with Gasteiger partial charge in [-0.25, -0.2) is 0 Å². The van der Waals surface area contributed by atoms with Gasteiger partial charge in [-0.2, -0.15) is 0 Å². The van der Waals surface area contributed by atoms with Gasteiger partial charge in [0.25, 0.3) is 5.91 Å². The van der Waals surface area contributed by atoms with Crippen LogP contribution in [0.15, 0.2) is 18.5 Å². The summed E-state index contributed by atoms with van der Waals surface area (Å²) in [5.41, 5.74) is 1.15. The van der Waals surface area contributed by atoms with E-state index in [2.05, 4.69) is 16.8 Å². The maximum Gasteiger partial charge on any atom is 0.255 e. The van der Waals surface area contributed by atoms with E-state index in [-0.39, 0.29) is 18.6 Å². The zero-order valence-corrected chi connectivity index (χ0v) is 11.5. The van der Waals surface area contributed by atoms with Crippen molar-refractivity contribution in [1.82, 2.24) is 9.88 Å². The molecule has 2 rings (SSSR count). The molecule has 1 aromatic rings. The van der Waals surface area contributed by atoms with Crippen molar-refractivity contribution in [3.05, 3.63) is 29.6 Å². The third-order valence-corrected chi connectivity index (χ3v) is 3.04. The largest absolute Gasteiger partial charge is 0.384 e. The van der Waals surface area contributed by atoms with Crippen molar-refractivity contribution in [2.75, 3.05) is 26.3 Å². The summed E-state index contributed by atoms with van der Waals surface area (Å²) in [6, 6.07) is 1.70. The van der Waals surface area contributed by atoms with Crippen LogP contribution >= 0.6 is 0 Å². The highest BCUT2D eigenvalue weighted by Gasteiger charge is 2.21. The molecule has 106 valence electrons. The van der Waals surface area contributed by atoms with Gasteiger partial charge in [-0.3, -0.25) is 9.78 Å². The van der Waals surface area contributed by atoms with E-state index >= 15 is 0 Å². The number of hydrogen-bond acceptors (Lipinski definition) is 4. The smallest absolute Gasteiger partial charge is 0.255 e. The Morgan fingerprint density at radius 2 is 2.45 bits per heavy atom. The minimum Gasteiger partial charge on any atom is -0.384 e. The summed E-state index contributed by atoms with van der Waals surface area (Å²) in [5, 5.41) is 8.69. The lowest BCUT2D eigenvalue weighted by Gasteiger charge is -2.22. The number of rotatable bonds is 1. The molecule has 1 aliphatic rings. The van der Waals surface area contributed by atoms with Crippen molar-refractivity contribution in [2.24, 2.45) is 0 Å². The van der Waals surface area contributed by atoms with Crippen LogP contribution in [0.4, 0.5) is 0 Å². The first kappa shape index (κ1) is 14.5. The molecule has 0 saturated carbocycles. The van der Waals surface area contributed by atoms with Gasteiger partial charge in [-0.05, 0) is 19.4 Å². The van der Waals surface area contributed by atoms with Crippen molar-refractivity contribution in [3.63, 3.8) is 0 Å². The number of carbonyl (C=O) groups is 1. The molecule has 1 aliphatic heterocycles. The summed E-state index contributed by atoms with van der Waals surface area (Å²) >= 11 is 0. The highest BCUT2D eigenvalue weighted by molar-refractivity contribution is 5.94. The molecule has 20 heavy (non-hydrogen) atoms. The lowest BCUT2D eigenvalue weighted by molar-refractivity contribution is 0.0562. The summed E-state index contributed by atoms with van der Waals surface area (Å²) in [6.45, 7) is 3.72. The number of amides is 1. The van der Waals surface area contributed by atoms with Gasteiger partial charge in [0.15, 0.2) is 0 Å². The first-order chi connectivity index (χ1) is 9.70. The number of pyridine rings is 1. The van der Waals surface area contributed by atoms with E-state index in [1.165, 1.54) is 0 Å². The lowest BCUT2D eigenvalue weighted by Crippen LogP contribution is -2.36. The van der Waals surface area contributed by atoms with E-state index in [1.54, 1.807) is 23.4 Å². The zero-order valence-electron chi connectivity index (χ0n) is 11.5. The number of ether oxygens (including phenoxy) is 1. The number of hydrogen-bond donors (Lipinski definition) is 1. The van der Waals surface area contributed by atoms with Crippen LogP contribution in [0.2, 0.25) is 0 Å². The predicted molar refractivity (Wildman–Crippen MR) is 74.1 cm³/mol. The van der Waals surface area contributed by atoms with E-state index in [0.717, 1.165) is 6.42 Å². The van der Waals surface area contributed by atoms with Gasteiger partial charge in [-0.1, -0.05) is 11.8 Å². The molecule has 5 nitrogen and oxygen atoms in total. The number of aromatic nitrogens is 1. The fraction of sp³-hybridized carbons (Fsp3) is 0.467. The molecule has 0 bridgehead atoms. The van der Waals surface area contributed by atoms with Crippen LogP contribution in [0.3, 0.4) is 0 Å². The summed E-state index contributed by atoms with van der Waals surface area (Å²) in [7, 11) is 0. The summed E-state index contributed by atoms with van der Waals surface area (Å²) in [4.78, 5) is 18.3. The SMILES string of the molecule is CC1CN(C(=O)c2cncc(C#CCO)c2)CCCO1. The first-order valence-electron chi connectivity index (χ1n) is 6.66. The fourth-order valence-electron chi connectivity index (χ4n) is 2.13. The van der Waals surface area contributed by atoms with Crippen molar-refractivity contribution < 1.29 is 14.6 Å². The van der Waals surface area contributed by atoms with Gasteiger partial charge in [0.2, 0.25) is 0 Å². The van der Waals surface area contributed by atoms with Crippen molar-refractivity contribution in [1.29, 1.82) is 0 Å². The fourth-order valence-corrected chi connectivity index (χ4v) is 2.13. The molecule has 0 aliphatic carbocycles. The molecule has 1 amide bonds. The molecule has 1 atom stereocenters. The van der Waals surface area contributed by atoms with Gasteiger partial charge in [-0.15, -0.1) is 0 Å². The Hall–Kier alpha value is -1.90. The summed E-state index contributed by atoms with van der Waals surface area (Å²) in [6.07, 6.45) is 4.01. The highest BCUT2D eigenvalue weighted by Crippen LogP contribution is 2.11. The maximum absolute atomic E-state index is 12.5.